The Bertz CT molecular complexity index is 553. The number of aliphatic imine (C=N–C) groups is 3. The van der Waals surface area contributed by atoms with E-state index in [-0.39, 0.29) is 5.84 Å². The first kappa shape index (κ1) is 14.6. The summed E-state index contributed by atoms with van der Waals surface area (Å²) in [6.07, 6.45) is 0.224. The Hall–Kier alpha value is -1.33. The Labute approximate surface area is 124 Å². The summed E-state index contributed by atoms with van der Waals surface area (Å²) in [5.41, 5.74) is 0. The van der Waals surface area contributed by atoms with Crippen LogP contribution in [0.4, 0.5) is 0 Å². The molecule has 0 amide bonds. The Morgan fingerprint density at radius 2 is 2.24 bits per heavy atom. The number of nitrogens with zero attached hydrogens (tertiary/aromatic N) is 4. The van der Waals surface area contributed by atoms with E-state index in [1.807, 2.05) is 0 Å². The maximum absolute atomic E-state index is 10.1. The Balaban J connectivity index is 1.92. The molecule has 0 aromatic heterocycles. The fraction of sp³-hybridized carbons (Fsp3) is 0.636. The molecule has 0 aliphatic carbocycles. The number of hydrogen-bond acceptors (Lipinski definition) is 9. The molecule has 0 bridgehead atoms. The minimum atomic E-state index is -1.22. The molecule has 3 heterocycles. The highest BCUT2D eigenvalue weighted by atomic mass is 32.2. The van der Waals surface area contributed by atoms with Gasteiger partial charge in [0.2, 0.25) is 4.87 Å². The largest absolute Gasteiger partial charge is 0.394 e. The normalized spacial score (nSPS) is 41.6. The summed E-state index contributed by atoms with van der Waals surface area (Å²) in [4.78, 5) is 12.7. The summed E-state index contributed by atoms with van der Waals surface area (Å²) in [5.74, 6) is 0.426. The van der Waals surface area contributed by atoms with E-state index in [9.17, 15) is 10.2 Å². The highest BCUT2D eigenvalue weighted by molar-refractivity contribution is 8.01. The lowest BCUT2D eigenvalue weighted by Crippen LogP contribution is -2.52. The van der Waals surface area contributed by atoms with Crippen LogP contribution in [-0.2, 0) is 4.74 Å². The lowest BCUT2D eigenvalue weighted by molar-refractivity contribution is -0.0509. The van der Waals surface area contributed by atoms with Crippen LogP contribution in [0.1, 0.15) is 0 Å². The van der Waals surface area contributed by atoms with Crippen LogP contribution < -0.4 is 0 Å². The molecule has 0 radical (unpaired) electrons. The second-order valence-corrected chi connectivity index (χ2v) is 5.77. The van der Waals surface area contributed by atoms with E-state index in [2.05, 4.69) is 15.0 Å². The van der Waals surface area contributed by atoms with E-state index in [4.69, 9.17) is 15.3 Å². The average Bonchev–Trinajstić information content (AvgIpc) is 3.00. The number of thioether (sulfide) groups is 1. The lowest BCUT2D eigenvalue weighted by Gasteiger charge is -2.31. The SMILES string of the molecule is CSC12N=CN([C@@H]3O[C@H](CO)[C@@H](O)[C@H]3O)C1=NC=NC2=N. The maximum Gasteiger partial charge on any atom is 0.223 e. The highest BCUT2D eigenvalue weighted by Gasteiger charge is 2.54. The van der Waals surface area contributed by atoms with Crippen LogP contribution in [0.3, 0.4) is 0 Å². The molecular formula is C11H15N5O4S. The molecule has 0 aromatic carbocycles. The van der Waals surface area contributed by atoms with Gasteiger partial charge in [0.15, 0.2) is 17.9 Å². The summed E-state index contributed by atoms with van der Waals surface area (Å²) in [7, 11) is 0. The van der Waals surface area contributed by atoms with Crippen LogP contribution in [0.2, 0.25) is 0 Å². The van der Waals surface area contributed by atoms with Gasteiger partial charge in [-0.1, -0.05) is 0 Å². The van der Waals surface area contributed by atoms with Crippen molar-refractivity contribution in [2.24, 2.45) is 15.0 Å². The molecular weight excluding hydrogens is 298 g/mol. The van der Waals surface area contributed by atoms with Gasteiger partial charge in [-0.15, -0.1) is 11.8 Å². The van der Waals surface area contributed by atoms with Gasteiger partial charge in [0.05, 0.1) is 12.9 Å². The standard InChI is InChI=1S/C11H15N5O4S/c1-21-11-9(12)13-3-14-10(11)16(4-15-11)8-7(19)6(18)5(2-17)20-8/h3-8,12,17-19H,2H2,1H3/t5-,6-,7-,8-,11?/m1/s1. The van der Waals surface area contributed by atoms with E-state index in [0.29, 0.717) is 5.84 Å². The van der Waals surface area contributed by atoms with Crippen LogP contribution in [0.5, 0.6) is 0 Å². The quantitative estimate of drug-likeness (QED) is 0.488. The number of amidine groups is 2. The summed E-state index contributed by atoms with van der Waals surface area (Å²) < 4.78 is 5.47. The predicted molar refractivity (Wildman–Crippen MR) is 78.0 cm³/mol. The van der Waals surface area contributed by atoms with Gasteiger partial charge in [-0.05, 0) is 6.26 Å². The van der Waals surface area contributed by atoms with Crippen molar-refractivity contribution in [3.05, 3.63) is 0 Å². The van der Waals surface area contributed by atoms with E-state index < -0.39 is 36.0 Å². The molecule has 3 aliphatic rings. The van der Waals surface area contributed by atoms with Crippen molar-refractivity contribution >= 4 is 36.1 Å². The van der Waals surface area contributed by atoms with Gasteiger partial charge in [0.25, 0.3) is 0 Å². The maximum atomic E-state index is 10.1. The molecule has 0 spiro atoms. The van der Waals surface area contributed by atoms with Crippen molar-refractivity contribution < 1.29 is 20.1 Å². The fourth-order valence-corrected chi connectivity index (χ4v) is 3.26. The third-order valence-corrected chi connectivity index (χ3v) is 4.76. The van der Waals surface area contributed by atoms with E-state index in [0.717, 1.165) is 0 Å². The van der Waals surface area contributed by atoms with Gasteiger partial charge >= 0.3 is 0 Å². The zero-order valence-electron chi connectivity index (χ0n) is 11.1. The van der Waals surface area contributed by atoms with Gasteiger partial charge in [0.1, 0.15) is 24.7 Å². The van der Waals surface area contributed by atoms with Gasteiger partial charge in [-0.2, -0.15) is 0 Å². The average molecular weight is 313 g/mol. The number of rotatable bonds is 3. The van der Waals surface area contributed by atoms with Crippen molar-refractivity contribution in [2.45, 2.75) is 29.4 Å². The van der Waals surface area contributed by atoms with E-state index in [1.54, 1.807) is 6.26 Å². The Morgan fingerprint density at radius 3 is 2.86 bits per heavy atom. The van der Waals surface area contributed by atoms with Gasteiger partial charge in [-0.25, -0.2) is 15.0 Å². The molecule has 114 valence electrons. The number of ether oxygens (including phenoxy) is 1. The third-order valence-electron chi connectivity index (χ3n) is 3.69. The molecule has 9 nitrogen and oxygen atoms in total. The van der Waals surface area contributed by atoms with Crippen LogP contribution in [0.25, 0.3) is 0 Å². The molecule has 10 heteroatoms. The molecule has 5 atom stereocenters. The first-order chi connectivity index (χ1) is 10.0. The molecule has 4 N–H and O–H groups in total. The third kappa shape index (κ3) is 1.94. The second-order valence-electron chi connectivity index (χ2n) is 4.77. The van der Waals surface area contributed by atoms with Crippen LogP contribution in [0, 0.1) is 5.41 Å². The van der Waals surface area contributed by atoms with E-state index in [1.165, 1.54) is 29.3 Å². The van der Waals surface area contributed by atoms with Crippen molar-refractivity contribution in [3.63, 3.8) is 0 Å². The van der Waals surface area contributed by atoms with E-state index >= 15 is 0 Å². The zero-order valence-corrected chi connectivity index (χ0v) is 11.9. The summed E-state index contributed by atoms with van der Waals surface area (Å²) in [6.45, 7) is -0.406. The predicted octanol–water partition coefficient (Wildman–Crippen LogP) is -1.75. The highest BCUT2D eigenvalue weighted by Crippen LogP contribution is 2.37. The number of hydrogen-bond donors (Lipinski definition) is 4. The van der Waals surface area contributed by atoms with Crippen LogP contribution >= 0.6 is 11.8 Å². The van der Waals surface area contributed by atoms with Crippen molar-refractivity contribution in [1.29, 1.82) is 5.41 Å². The number of aliphatic hydroxyl groups is 3. The summed E-state index contributed by atoms with van der Waals surface area (Å²) in [6, 6.07) is 0. The van der Waals surface area contributed by atoms with Crippen molar-refractivity contribution in [2.75, 3.05) is 12.9 Å². The van der Waals surface area contributed by atoms with Crippen molar-refractivity contribution in [1.82, 2.24) is 4.90 Å². The van der Waals surface area contributed by atoms with Crippen LogP contribution in [-0.4, -0.2) is 86.8 Å². The molecule has 1 fully saturated rings. The zero-order chi connectivity index (χ0) is 15.2. The molecule has 1 unspecified atom stereocenters. The molecule has 3 aliphatic heterocycles. The number of aliphatic hydroxyl groups excluding tert-OH is 3. The Morgan fingerprint density at radius 1 is 1.48 bits per heavy atom. The van der Waals surface area contributed by atoms with Gasteiger partial charge in [0, 0.05) is 0 Å². The van der Waals surface area contributed by atoms with Crippen molar-refractivity contribution in [3.8, 4) is 0 Å². The minimum Gasteiger partial charge on any atom is -0.394 e. The minimum absolute atomic E-state index is 0.0329. The molecule has 0 saturated carbocycles. The molecule has 0 aromatic rings. The topological polar surface area (TPSA) is 134 Å². The molecule has 1 saturated heterocycles. The summed E-state index contributed by atoms with van der Waals surface area (Å²) >= 11 is 1.29. The lowest BCUT2D eigenvalue weighted by atomic mass is 10.1. The van der Waals surface area contributed by atoms with Gasteiger partial charge in [-0.3, -0.25) is 10.3 Å². The monoisotopic (exact) mass is 313 g/mol. The van der Waals surface area contributed by atoms with Gasteiger partial charge < -0.3 is 20.1 Å². The smallest absolute Gasteiger partial charge is 0.223 e. The first-order valence-corrected chi connectivity index (χ1v) is 7.48. The summed E-state index contributed by atoms with van der Waals surface area (Å²) in [5, 5.41) is 37.0. The second kappa shape index (κ2) is 5.14. The number of nitrogens with one attached hydrogen (secondary N) is 1. The molecule has 3 rings (SSSR count). The Kier molecular flexibility index (Phi) is 3.58. The fourth-order valence-electron chi connectivity index (χ4n) is 2.52. The molecule has 21 heavy (non-hydrogen) atoms. The first-order valence-electron chi connectivity index (χ1n) is 6.26. The number of fused-ring (bicyclic) bond motifs is 1. The van der Waals surface area contributed by atoms with Crippen LogP contribution in [0.15, 0.2) is 15.0 Å².